The van der Waals surface area contributed by atoms with Crippen molar-refractivity contribution in [3.63, 3.8) is 0 Å². The number of hydrogen-bond acceptors (Lipinski definition) is 3. The van der Waals surface area contributed by atoms with Gasteiger partial charge < -0.3 is 9.80 Å². The number of likely N-dealkylation sites (N-methyl/N-ethyl adjacent to an activating group) is 2. The highest BCUT2D eigenvalue weighted by Gasteiger charge is 2.22. The molecule has 88 valence electrons. The summed E-state index contributed by atoms with van der Waals surface area (Å²) in [4.78, 5) is 8.84. The smallest absolute Gasteiger partial charge is 0.0592 e. The van der Waals surface area contributed by atoms with Gasteiger partial charge in [0.05, 0.1) is 10.2 Å². The van der Waals surface area contributed by atoms with E-state index in [9.17, 15) is 0 Å². The summed E-state index contributed by atoms with van der Waals surface area (Å²) in [6.07, 6.45) is 6.33. The van der Waals surface area contributed by atoms with Crippen molar-refractivity contribution in [1.82, 2.24) is 9.88 Å². The second kappa shape index (κ2) is 5.15. The Morgan fingerprint density at radius 3 is 3.06 bits per heavy atom. The highest BCUT2D eigenvalue weighted by molar-refractivity contribution is 9.10. The van der Waals surface area contributed by atoms with E-state index in [2.05, 4.69) is 50.9 Å². The van der Waals surface area contributed by atoms with Crippen LogP contribution in [0.4, 0.5) is 5.69 Å². The lowest BCUT2D eigenvalue weighted by Gasteiger charge is -2.27. The Morgan fingerprint density at radius 2 is 2.44 bits per heavy atom. The molecule has 16 heavy (non-hydrogen) atoms. The molecule has 1 aromatic rings. The van der Waals surface area contributed by atoms with Gasteiger partial charge in [-0.15, -0.1) is 0 Å². The van der Waals surface area contributed by atoms with Crippen LogP contribution in [0.1, 0.15) is 12.8 Å². The molecule has 1 aliphatic heterocycles. The molecule has 3 nitrogen and oxygen atoms in total. The van der Waals surface area contributed by atoms with Crippen molar-refractivity contribution in [2.24, 2.45) is 0 Å². The summed E-state index contributed by atoms with van der Waals surface area (Å²) in [6.45, 7) is 2.31. The summed E-state index contributed by atoms with van der Waals surface area (Å²) in [5, 5.41) is 0. The Bertz CT molecular complexity index is 356. The topological polar surface area (TPSA) is 19.4 Å². The number of aromatic nitrogens is 1. The van der Waals surface area contributed by atoms with E-state index in [4.69, 9.17) is 0 Å². The second-order valence-corrected chi connectivity index (χ2v) is 5.34. The summed E-state index contributed by atoms with van der Waals surface area (Å²) in [5.74, 6) is 0. The van der Waals surface area contributed by atoms with Crippen LogP contribution >= 0.6 is 15.9 Å². The molecule has 0 N–H and O–H groups in total. The van der Waals surface area contributed by atoms with E-state index < -0.39 is 0 Å². The lowest BCUT2D eigenvalue weighted by atomic mass is 10.2. The third kappa shape index (κ3) is 2.55. The van der Waals surface area contributed by atoms with Crippen LogP contribution < -0.4 is 4.90 Å². The van der Waals surface area contributed by atoms with Crippen molar-refractivity contribution >= 4 is 21.6 Å². The van der Waals surface area contributed by atoms with Crippen LogP contribution in [0.5, 0.6) is 0 Å². The zero-order chi connectivity index (χ0) is 11.5. The molecule has 0 spiro atoms. The minimum Gasteiger partial charge on any atom is -0.372 e. The maximum Gasteiger partial charge on any atom is 0.0592 e. The average Bonchev–Trinajstić information content (AvgIpc) is 2.65. The van der Waals surface area contributed by atoms with Crippen LogP contribution in [0, 0.1) is 0 Å². The maximum absolute atomic E-state index is 4.09. The van der Waals surface area contributed by atoms with Crippen LogP contribution in [-0.4, -0.2) is 43.1 Å². The van der Waals surface area contributed by atoms with Gasteiger partial charge in [0.1, 0.15) is 0 Å². The molecular formula is C12H18BrN3. The van der Waals surface area contributed by atoms with Gasteiger partial charge in [0.2, 0.25) is 0 Å². The molecule has 1 aliphatic rings. The minimum atomic E-state index is 0.685. The predicted octanol–water partition coefficient (Wildman–Crippen LogP) is 2.37. The summed E-state index contributed by atoms with van der Waals surface area (Å²) in [7, 11) is 4.36. The van der Waals surface area contributed by atoms with Gasteiger partial charge in [-0.2, -0.15) is 0 Å². The lowest BCUT2D eigenvalue weighted by Crippen LogP contribution is -2.36. The van der Waals surface area contributed by atoms with Gasteiger partial charge in [0.25, 0.3) is 0 Å². The predicted molar refractivity (Wildman–Crippen MR) is 70.9 cm³/mol. The lowest BCUT2D eigenvalue weighted by molar-refractivity contribution is 0.314. The molecule has 2 heterocycles. The van der Waals surface area contributed by atoms with E-state index in [1.807, 2.05) is 12.4 Å². The normalized spacial score (nSPS) is 21.3. The van der Waals surface area contributed by atoms with Gasteiger partial charge in [-0.1, -0.05) is 0 Å². The fourth-order valence-corrected chi connectivity index (χ4v) is 2.85. The fourth-order valence-electron chi connectivity index (χ4n) is 2.30. The first-order valence-corrected chi connectivity index (χ1v) is 6.48. The molecule has 1 unspecified atom stereocenters. The molecule has 1 fully saturated rings. The summed E-state index contributed by atoms with van der Waals surface area (Å²) in [5.41, 5.74) is 1.22. The molecular weight excluding hydrogens is 266 g/mol. The Hall–Kier alpha value is -0.610. The Labute approximate surface area is 106 Å². The molecule has 0 bridgehead atoms. The number of likely N-dealkylation sites (tertiary alicyclic amines) is 1. The van der Waals surface area contributed by atoms with Gasteiger partial charge in [-0.25, -0.2) is 0 Å². The molecule has 1 atom stereocenters. The Morgan fingerprint density at radius 1 is 1.62 bits per heavy atom. The monoisotopic (exact) mass is 283 g/mol. The van der Waals surface area contributed by atoms with Gasteiger partial charge in [-0.05, 0) is 48.4 Å². The second-order valence-electron chi connectivity index (χ2n) is 4.48. The highest BCUT2D eigenvalue weighted by Crippen LogP contribution is 2.25. The first-order chi connectivity index (χ1) is 7.68. The van der Waals surface area contributed by atoms with Crippen LogP contribution in [0.2, 0.25) is 0 Å². The summed E-state index contributed by atoms with van der Waals surface area (Å²) in [6, 6.07) is 2.74. The Balaban J connectivity index is 2.03. The summed E-state index contributed by atoms with van der Waals surface area (Å²) < 4.78 is 1.07. The van der Waals surface area contributed by atoms with E-state index in [-0.39, 0.29) is 0 Å². The number of nitrogens with zero attached hydrogens (tertiary/aromatic N) is 3. The van der Waals surface area contributed by atoms with E-state index in [0.717, 1.165) is 11.0 Å². The molecule has 1 aromatic heterocycles. The first kappa shape index (κ1) is 11.9. The quantitative estimate of drug-likeness (QED) is 0.849. The van der Waals surface area contributed by atoms with Crippen molar-refractivity contribution < 1.29 is 0 Å². The van der Waals surface area contributed by atoms with Crippen LogP contribution in [0.25, 0.3) is 0 Å². The minimum absolute atomic E-state index is 0.685. The van der Waals surface area contributed by atoms with E-state index in [1.54, 1.807) is 0 Å². The van der Waals surface area contributed by atoms with E-state index in [1.165, 1.54) is 25.1 Å². The van der Waals surface area contributed by atoms with Gasteiger partial charge in [-0.3, -0.25) is 4.98 Å². The fraction of sp³-hybridized carbons (Fsp3) is 0.583. The van der Waals surface area contributed by atoms with Crippen LogP contribution in [-0.2, 0) is 0 Å². The van der Waals surface area contributed by atoms with Crippen LogP contribution in [0.15, 0.2) is 22.9 Å². The van der Waals surface area contributed by atoms with Crippen LogP contribution in [0.3, 0.4) is 0 Å². The molecule has 4 heteroatoms. The molecule has 0 amide bonds. The summed E-state index contributed by atoms with van der Waals surface area (Å²) >= 11 is 3.54. The van der Waals surface area contributed by atoms with Crippen molar-refractivity contribution in [1.29, 1.82) is 0 Å². The number of pyridine rings is 1. The zero-order valence-corrected chi connectivity index (χ0v) is 11.4. The van der Waals surface area contributed by atoms with E-state index in [0.29, 0.717) is 6.04 Å². The molecule has 0 saturated carbocycles. The molecule has 0 aliphatic carbocycles. The highest BCUT2D eigenvalue weighted by atomic mass is 79.9. The average molecular weight is 284 g/mol. The van der Waals surface area contributed by atoms with Crippen molar-refractivity contribution in [2.75, 3.05) is 32.1 Å². The van der Waals surface area contributed by atoms with Crippen molar-refractivity contribution in [2.45, 2.75) is 18.9 Å². The number of anilines is 1. The molecule has 1 saturated heterocycles. The van der Waals surface area contributed by atoms with E-state index >= 15 is 0 Å². The number of halogens is 1. The maximum atomic E-state index is 4.09. The molecule has 0 aromatic carbocycles. The molecule has 0 radical (unpaired) electrons. The third-order valence-electron chi connectivity index (χ3n) is 3.32. The first-order valence-electron chi connectivity index (χ1n) is 5.69. The largest absolute Gasteiger partial charge is 0.372 e. The zero-order valence-electron chi connectivity index (χ0n) is 9.86. The third-order valence-corrected chi connectivity index (χ3v) is 3.93. The van der Waals surface area contributed by atoms with Gasteiger partial charge in [0, 0.05) is 32.0 Å². The number of rotatable bonds is 3. The SMILES string of the molecule is CN(CC1CCCN1C)c1ccncc1Br. The van der Waals surface area contributed by atoms with Crippen molar-refractivity contribution in [3.05, 3.63) is 22.9 Å². The van der Waals surface area contributed by atoms with Gasteiger partial charge in [0.15, 0.2) is 0 Å². The molecule has 2 rings (SSSR count). The standard InChI is InChI=1S/C12H18BrN3/c1-15-7-3-4-10(15)9-16(2)12-5-6-14-8-11(12)13/h5-6,8,10H,3-4,7,9H2,1-2H3. The van der Waals surface area contributed by atoms with Gasteiger partial charge >= 0.3 is 0 Å². The van der Waals surface area contributed by atoms with Crippen molar-refractivity contribution in [3.8, 4) is 0 Å². The number of hydrogen-bond donors (Lipinski definition) is 0. The Kier molecular flexibility index (Phi) is 3.82.